The first-order chi connectivity index (χ1) is 19.5. The van der Waals surface area contributed by atoms with Crippen LogP contribution in [0.25, 0.3) is 0 Å². The molecule has 1 fully saturated rings. The minimum atomic E-state index is -4.63. The number of H-pyrrole nitrogens is 1. The van der Waals surface area contributed by atoms with Crippen LogP contribution >= 0.6 is 0 Å². The van der Waals surface area contributed by atoms with Crippen LogP contribution in [0.5, 0.6) is 0 Å². The standard InChI is InChI=1S/C28H28F3N7O3/c1-3-35-9-11-36(12-10-35)16-19-13-18(15-32)7-8-22(19)24-23(25(39)40)17(2)37(26-33-34-27(41)38(24)26)21-6-4-5-20(14-21)28(29,30)31/h4-8,13-14,24H,3,9-12,16H2,1-2H3,(H,34,41)(H,39,40)/p+1/t24-/m1/s1. The number of rotatable bonds is 6. The number of quaternary nitrogens is 1. The van der Waals surface area contributed by atoms with E-state index >= 15 is 0 Å². The number of carboxylic acid groups (broad SMARTS) is 1. The highest BCUT2D eigenvalue weighted by molar-refractivity contribution is 5.92. The fourth-order valence-electron chi connectivity index (χ4n) is 5.71. The molecular weight excluding hydrogens is 539 g/mol. The predicted molar refractivity (Wildman–Crippen MR) is 143 cm³/mol. The van der Waals surface area contributed by atoms with Crippen LogP contribution in [0.2, 0.25) is 0 Å². The molecule has 3 heterocycles. The Morgan fingerprint density at radius 3 is 2.59 bits per heavy atom. The number of likely N-dealkylation sites (N-methyl/N-ethyl adjacent to an activating group) is 1. The number of halogens is 3. The first-order valence-electron chi connectivity index (χ1n) is 13.2. The number of aromatic nitrogens is 3. The summed E-state index contributed by atoms with van der Waals surface area (Å²) in [5.41, 5.74) is -0.0733. The smallest absolute Gasteiger partial charge is 0.416 e. The molecule has 0 unspecified atom stereocenters. The van der Waals surface area contributed by atoms with E-state index in [1.807, 2.05) is 0 Å². The molecule has 2 aromatic carbocycles. The molecule has 13 heteroatoms. The lowest BCUT2D eigenvalue weighted by atomic mass is 9.89. The van der Waals surface area contributed by atoms with Gasteiger partial charge in [0.1, 0.15) is 12.6 Å². The zero-order valence-corrected chi connectivity index (χ0v) is 22.5. The van der Waals surface area contributed by atoms with E-state index in [2.05, 4.69) is 28.1 Å². The summed E-state index contributed by atoms with van der Waals surface area (Å²) in [7, 11) is 0. The number of nitriles is 1. The van der Waals surface area contributed by atoms with Gasteiger partial charge in [0.2, 0.25) is 5.95 Å². The van der Waals surface area contributed by atoms with Crippen molar-refractivity contribution in [1.82, 2.24) is 19.7 Å². The van der Waals surface area contributed by atoms with Crippen LogP contribution in [0.4, 0.5) is 24.8 Å². The molecule has 0 amide bonds. The van der Waals surface area contributed by atoms with Crippen molar-refractivity contribution in [1.29, 1.82) is 5.26 Å². The number of carboxylic acids is 1. The van der Waals surface area contributed by atoms with Crippen molar-refractivity contribution in [2.24, 2.45) is 0 Å². The molecule has 3 aromatic rings. The predicted octanol–water partition coefficient (Wildman–Crippen LogP) is 2.28. The highest BCUT2D eigenvalue weighted by Crippen LogP contribution is 2.43. The zero-order chi connectivity index (χ0) is 29.5. The molecule has 1 saturated heterocycles. The Hall–Kier alpha value is -4.41. The van der Waals surface area contributed by atoms with E-state index in [0.29, 0.717) is 23.2 Å². The summed E-state index contributed by atoms with van der Waals surface area (Å²) in [6.07, 6.45) is -4.63. The van der Waals surface area contributed by atoms with Gasteiger partial charge in [-0.25, -0.2) is 19.3 Å². The second-order valence-corrected chi connectivity index (χ2v) is 10.2. The van der Waals surface area contributed by atoms with E-state index in [1.165, 1.54) is 28.9 Å². The Balaban J connectivity index is 1.66. The third-order valence-electron chi connectivity index (χ3n) is 7.82. The van der Waals surface area contributed by atoms with Crippen molar-refractivity contribution < 1.29 is 28.0 Å². The van der Waals surface area contributed by atoms with Gasteiger partial charge in [-0.05, 0) is 49.4 Å². The molecule has 41 heavy (non-hydrogen) atoms. The van der Waals surface area contributed by atoms with Crippen molar-refractivity contribution in [2.45, 2.75) is 32.6 Å². The van der Waals surface area contributed by atoms with Crippen molar-refractivity contribution in [3.8, 4) is 6.07 Å². The molecule has 2 aliphatic heterocycles. The normalized spacial score (nSPS) is 18.3. The van der Waals surface area contributed by atoms with Crippen molar-refractivity contribution in [3.63, 3.8) is 0 Å². The van der Waals surface area contributed by atoms with Crippen molar-refractivity contribution >= 4 is 17.6 Å². The number of hydrogen-bond acceptors (Lipinski definition) is 6. The van der Waals surface area contributed by atoms with Crippen LogP contribution < -0.4 is 15.5 Å². The van der Waals surface area contributed by atoms with E-state index in [4.69, 9.17) is 0 Å². The van der Waals surface area contributed by atoms with Crippen LogP contribution in [0.3, 0.4) is 0 Å². The molecule has 1 atom stereocenters. The summed E-state index contributed by atoms with van der Waals surface area (Å²) in [4.78, 5) is 30.8. The van der Waals surface area contributed by atoms with Gasteiger partial charge in [0.15, 0.2) is 0 Å². The minimum Gasteiger partial charge on any atom is -0.478 e. The van der Waals surface area contributed by atoms with Gasteiger partial charge in [0.25, 0.3) is 0 Å². The number of piperazine rings is 1. The third-order valence-corrected chi connectivity index (χ3v) is 7.82. The molecule has 10 nitrogen and oxygen atoms in total. The number of aromatic amines is 1. The maximum Gasteiger partial charge on any atom is 0.416 e. The number of nitrogens with one attached hydrogen (secondary N) is 2. The molecule has 5 rings (SSSR count). The summed E-state index contributed by atoms with van der Waals surface area (Å²) in [5.74, 6) is -1.37. The second kappa shape index (κ2) is 10.9. The van der Waals surface area contributed by atoms with Crippen molar-refractivity contribution in [3.05, 3.63) is 86.5 Å². The average Bonchev–Trinajstić information content (AvgIpc) is 3.32. The number of benzene rings is 2. The Morgan fingerprint density at radius 2 is 1.95 bits per heavy atom. The molecular formula is C28H29F3N7O3+. The summed E-state index contributed by atoms with van der Waals surface area (Å²) in [6, 6.07) is 10.4. The topological polar surface area (TPSA) is 123 Å². The monoisotopic (exact) mass is 568 g/mol. The quantitative estimate of drug-likeness (QED) is 0.417. The Morgan fingerprint density at radius 1 is 1.22 bits per heavy atom. The molecule has 0 aliphatic carbocycles. The number of anilines is 2. The van der Waals surface area contributed by atoms with Gasteiger partial charge in [0, 0.05) is 30.0 Å². The fraction of sp³-hybridized carbons (Fsp3) is 0.357. The first-order valence-corrected chi connectivity index (χ1v) is 13.2. The zero-order valence-electron chi connectivity index (χ0n) is 22.5. The molecule has 1 aromatic heterocycles. The number of nitrogens with zero attached hydrogens (tertiary/aromatic N) is 5. The first kappa shape index (κ1) is 28.1. The molecule has 0 saturated carbocycles. The summed E-state index contributed by atoms with van der Waals surface area (Å²) in [5, 5.41) is 26.5. The van der Waals surface area contributed by atoms with E-state index < -0.39 is 29.4 Å². The van der Waals surface area contributed by atoms with Crippen LogP contribution in [-0.4, -0.2) is 63.5 Å². The highest BCUT2D eigenvalue weighted by atomic mass is 19.4. The number of carbonyl (C=O) groups is 1. The van der Waals surface area contributed by atoms with Gasteiger partial charge in [-0.1, -0.05) is 19.1 Å². The van der Waals surface area contributed by atoms with Crippen LogP contribution in [-0.2, 0) is 17.5 Å². The number of hydrogen-bond donors (Lipinski definition) is 3. The highest BCUT2D eigenvalue weighted by Gasteiger charge is 2.41. The molecule has 214 valence electrons. The van der Waals surface area contributed by atoms with E-state index in [9.17, 15) is 33.1 Å². The number of allylic oxidation sites excluding steroid dienone is 1. The SMILES string of the molecule is CCN1CC[NH+](Cc2cc(C#N)ccc2[C@@H]2C(C(=O)O)=C(C)N(c3cccc(C(F)(F)F)c3)c3n[nH]c(=O)n32)CC1. The molecule has 3 N–H and O–H groups in total. The maximum atomic E-state index is 13.5. The lowest BCUT2D eigenvalue weighted by Crippen LogP contribution is -3.13. The van der Waals surface area contributed by atoms with E-state index in [-0.39, 0.29) is 22.9 Å². The maximum absolute atomic E-state index is 13.5. The second-order valence-electron chi connectivity index (χ2n) is 10.2. The largest absolute Gasteiger partial charge is 0.478 e. The molecule has 0 radical (unpaired) electrons. The Kier molecular flexibility index (Phi) is 7.46. The van der Waals surface area contributed by atoms with Crippen LogP contribution in [0.15, 0.2) is 58.5 Å². The number of alkyl halides is 3. The van der Waals surface area contributed by atoms with Gasteiger partial charge in [-0.2, -0.15) is 18.4 Å². The molecule has 2 aliphatic rings. The van der Waals surface area contributed by atoms with Gasteiger partial charge >= 0.3 is 17.8 Å². The molecule has 0 spiro atoms. The third kappa shape index (κ3) is 5.23. The lowest BCUT2D eigenvalue weighted by Gasteiger charge is -2.36. The van der Waals surface area contributed by atoms with Crippen LogP contribution in [0.1, 0.15) is 42.1 Å². The number of fused-ring (bicyclic) bond motifs is 1. The van der Waals surface area contributed by atoms with Crippen LogP contribution in [0, 0.1) is 11.3 Å². The Labute approximate surface area is 233 Å². The molecule has 0 bridgehead atoms. The van der Waals surface area contributed by atoms with Gasteiger partial charge in [-0.3, -0.25) is 9.80 Å². The van der Waals surface area contributed by atoms with Gasteiger partial charge in [-0.15, -0.1) is 5.10 Å². The summed E-state index contributed by atoms with van der Waals surface area (Å²) in [6.45, 7) is 8.56. The number of aliphatic carboxylic acids is 1. The summed E-state index contributed by atoms with van der Waals surface area (Å²) < 4.78 is 41.8. The van der Waals surface area contributed by atoms with Crippen molar-refractivity contribution in [2.75, 3.05) is 37.6 Å². The summed E-state index contributed by atoms with van der Waals surface area (Å²) >= 11 is 0. The average molecular weight is 569 g/mol. The van der Waals surface area contributed by atoms with E-state index in [1.54, 1.807) is 18.2 Å². The van der Waals surface area contributed by atoms with E-state index in [0.717, 1.165) is 49.4 Å². The van der Waals surface area contributed by atoms with Gasteiger partial charge < -0.3 is 10.0 Å². The van der Waals surface area contributed by atoms with Gasteiger partial charge in [0.05, 0.1) is 35.9 Å². The fourth-order valence-corrected chi connectivity index (χ4v) is 5.71. The lowest BCUT2D eigenvalue weighted by molar-refractivity contribution is -0.918. The minimum absolute atomic E-state index is 0.00747. The Bertz CT molecular complexity index is 1610.